The molecule has 0 aromatic carbocycles. The van der Waals surface area contributed by atoms with Crippen LogP contribution in [0, 0.1) is 16.2 Å². The van der Waals surface area contributed by atoms with Crippen LogP contribution >= 0.6 is 0 Å². The third kappa shape index (κ3) is 6.72. The summed E-state index contributed by atoms with van der Waals surface area (Å²) >= 11 is 0. The largest absolute Gasteiger partial charge is 0.388 e. The van der Waals surface area contributed by atoms with E-state index in [0.29, 0.717) is 10.8 Å². The first-order chi connectivity index (χ1) is 10.2. The highest BCUT2D eigenvalue weighted by atomic mass is 16.5. The normalized spacial score (nSPS) is 20.0. The molecule has 1 aliphatic rings. The molecule has 23 heavy (non-hydrogen) atoms. The summed E-state index contributed by atoms with van der Waals surface area (Å²) in [6.45, 7) is 17.7. The van der Waals surface area contributed by atoms with Crippen molar-refractivity contribution < 1.29 is 14.6 Å². The van der Waals surface area contributed by atoms with Gasteiger partial charge < -0.3 is 14.6 Å². The number of hydrogen-bond acceptors (Lipinski definition) is 3. The van der Waals surface area contributed by atoms with Gasteiger partial charge in [0.25, 0.3) is 0 Å². The lowest BCUT2D eigenvalue weighted by molar-refractivity contribution is -0.118. The quantitative estimate of drug-likeness (QED) is 0.783. The van der Waals surface area contributed by atoms with Crippen LogP contribution in [0.5, 0.6) is 0 Å². The molecular weight excluding hydrogens is 288 g/mol. The van der Waals surface area contributed by atoms with Gasteiger partial charge in [-0.15, -0.1) is 0 Å². The van der Waals surface area contributed by atoms with Crippen LogP contribution in [-0.4, -0.2) is 37.6 Å². The molecule has 1 fully saturated rings. The number of ether oxygens (including phenoxy) is 2. The lowest BCUT2D eigenvalue weighted by Crippen LogP contribution is -2.46. The number of methoxy groups -OCH3 is 2. The molecule has 0 aromatic heterocycles. The molecular formula is C20H42O3. The first-order valence-corrected chi connectivity index (χ1v) is 8.95. The second kappa shape index (κ2) is 8.31. The van der Waals surface area contributed by atoms with Gasteiger partial charge in [0.1, 0.15) is 0 Å². The second-order valence-electron chi connectivity index (χ2n) is 9.81. The van der Waals surface area contributed by atoms with Crippen molar-refractivity contribution in [1.29, 1.82) is 0 Å². The number of hydrogen-bond donors (Lipinski definition) is 1. The SMILES string of the molecule is COCC1(C(C)(C)C)CCCC1.CO[C@@H](C(C)(C)C)C(C)(C)O. The molecule has 0 bridgehead atoms. The summed E-state index contributed by atoms with van der Waals surface area (Å²) in [4.78, 5) is 0. The van der Waals surface area contributed by atoms with Gasteiger partial charge in [0.2, 0.25) is 0 Å². The zero-order valence-corrected chi connectivity index (χ0v) is 17.4. The van der Waals surface area contributed by atoms with Gasteiger partial charge in [-0.25, -0.2) is 0 Å². The Labute approximate surface area is 145 Å². The summed E-state index contributed by atoms with van der Waals surface area (Å²) in [6, 6.07) is 0. The molecule has 1 N–H and O–H groups in total. The second-order valence-corrected chi connectivity index (χ2v) is 9.81. The van der Waals surface area contributed by atoms with Crippen molar-refractivity contribution in [1.82, 2.24) is 0 Å². The predicted molar refractivity (Wildman–Crippen MR) is 98.8 cm³/mol. The fourth-order valence-electron chi connectivity index (χ4n) is 4.14. The Bertz CT molecular complexity index is 308. The van der Waals surface area contributed by atoms with Crippen LogP contribution in [0.1, 0.15) is 81.1 Å². The topological polar surface area (TPSA) is 38.7 Å². The molecule has 140 valence electrons. The monoisotopic (exact) mass is 330 g/mol. The number of rotatable bonds is 4. The van der Waals surface area contributed by atoms with E-state index in [0.717, 1.165) is 6.61 Å². The van der Waals surface area contributed by atoms with Gasteiger partial charge in [0.05, 0.1) is 18.3 Å². The van der Waals surface area contributed by atoms with E-state index in [-0.39, 0.29) is 11.5 Å². The van der Waals surface area contributed by atoms with Crippen molar-refractivity contribution in [2.75, 3.05) is 20.8 Å². The summed E-state index contributed by atoms with van der Waals surface area (Å²) in [5.41, 5.74) is 0.0707. The molecule has 3 heteroatoms. The van der Waals surface area contributed by atoms with Gasteiger partial charge >= 0.3 is 0 Å². The maximum atomic E-state index is 9.69. The highest BCUT2D eigenvalue weighted by Crippen LogP contribution is 2.51. The van der Waals surface area contributed by atoms with Crippen molar-refractivity contribution in [3.8, 4) is 0 Å². The van der Waals surface area contributed by atoms with Gasteiger partial charge in [-0.05, 0) is 42.9 Å². The van der Waals surface area contributed by atoms with Crippen LogP contribution in [0.3, 0.4) is 0 Å². The zero-order valence-electron chi connectivity index (χ0n) is 17.4. The van der Waals surface area contributed by atoms with Crippen LogP contribution in [0.2, 0.25) is 0 Å². The molecule has 0 heterocycles. The van der Waals surface area contributed by atoms with E-state index < -0.39 is 5.60 Å². The van der Waals surface area contributed by atoms with Crippen molar-refractivity contribution in [2.24, 2.45) is 16.2 Å². The molecule has 0 aromatic rings. The van der Waals surface area contributed by atoms with E-state index in [1.54, 1.807) is 21.0 Å². The smallest absolute Gasteiger partial charge is 0.0900 e. The average Bonchev–Trinajstić information content (AvgIpc) is 2.76. The summed E-state index contributed by atoms with van der Waals surface area (Å²) in [5, 5.41) is 9.69. The van der Waals surface area contributed by atoms with Gasteiger partial charge in [0.15, 0.2) is 0 Å². The van der Waals surface area contributed by atoms with Crippen molar-refractivity contribution in [2.45, 2.75) is 92.8 Å². The molecule has 1 aliphatic carbocycles. The minimum atomic E-state index is -0.771. The Kier molecular flexibility index (Phi) is 8.27. The van der Waals surface area contributed by atoms with E-state index in [1.807, 2.05) is 7.11 Å². The molecule has 0 unspecified atom stereocenters. The fourth-order valence-corrected chi connectivity index (χ4v) is 4.14. The molecule has 0 spiro atoms. The third-order valence-corrected chi connectivity index (χ3v) is 5.24. The average molecular weight is 331 g/mol. The van der Waals surface area contributed by atoms with Crippen LogP contribution < -0.4 is 0 Å². The van der Waals surface area contributed by atoms with E-state index >= 15 is 0 Å². The minimum absolute atomic E-state index is 0.0208. The van der Waals surface area contributed by atoms with Crippen molar-refractivity contribution >= 4 is 0 Å². The molecule has 0 saturated heterocycles. The molecule has 0 aliphatic heterocycles. The lowest BCUT2D eigenvalue weighted by Gasteiger charge is -2.41. The highest BCUT2D eigenvalue weighted by molar-refractivity contribution is 4.93. The van der Waals surface area contributed by atoms with Crippen LogP contribution in [0.15, 0.2) is 0 Å². The first-order valence-electron chi connectivity index (χ1n) is 8.95. The summed E-state index contributed by atoms with van der Waals surface area (Å²) in [7, 11) is 3.46. The highest BCUT2D eigenvalue weighted by Gasteiger charge is 2.43. The Balaban J connectivity index is 0.000000423. The maximum Gasteiger partial charge on any atom is 0.0900 e. The standard InChI is InChI=1S/C11H22O.C9H20O2/c1-10(2,3)11(9-12-4)7-5-6-8-11;1-8(2,3)7(11-6)9(4,5)10/h5-9H2,1-4H3;7,10H,1-6H3/t;7-/m.0/s1. The third-order valence-electron chi connectivity index (χ3n) is 5.24. The van der Waals surface area contributed by atoms with E-state index in [9.17, 15) is 5.11 Å². The molecule has 3 nitrogen and oxygen atoms in total. The summed E-state index contributed by atoms with van der Waals surface area (Å²) in [5.74, 6) is 0. The molecule has 1 atom stereocenters. The predicted octanol–water partition coefficient (Wildman–Crippen LogP) is 5.06. The first kappa shape index (κ1) is 22.9. The van der Waals surface area contributed by atoms with E-state index in [4.69, 9.17) is 9.47 Å². The Morgan fingerprint density at radius 1 is 0.913 bits per heavy atom. The fraction of sp³-hybridized carbons (Fsp3) is 1.00. The summed E-state index contributed by atoms with van der Waals surface area (Å²) < 4.78 is 10.6. The Morgan fingerprint density at radius 3 is 1.52 bits per heavy atom. The number of aliphatic hydroxyl groups is 1. The van der Waals surface area contributed by atoms with Crippen LogP contribution in [0.25, 0.3) is 0 Å². The molecule has 0 amide bonds. The zero-order chi connectivity index (χ0) is 18.5. The lowest BCUT2D eigenvalue weighted by atomic mass is 9.66. The van der Waals surface area contributed by atoms with Crippen molar-refractivity contribution in [3.63, 3.8) is 0 Å². The maximum absolute atomic E-state index is 9.69. The van der Waals surface area contributed by atoms with Crippen LogP contribution in [0.4, 0.5) is 0 Å². The van der Waals surface area contributed by atoms with Gasteiger partial charge in [0, 0.05) is 14.2 Å². The Hall–Kier alpha value is -0.120. The van der Waals surface area contributed by atoms with Crippen LogP contribution in [-0.2, 0) is 9.47 Å². The molecule has 0 radical (unpaired) electrons. The van der Waals surface area contributed by atoms with Gasteiger partial charge in [-0.3, -0.25) is 0 Å². The van der Waals surface area contributed by atoms with Crippen molar-refractivity contribution in [3.05, 3.63) is 0 Å². The van der Waals surface area contributed by atoms with Gasteiger partial charge in [-0.2, -0.15) is 0 Å². The Morgan fingerprint density at radius 2 is 1.35 bits per heavy atom. The van der Waals surface area contributed by atoms with Gasteiger partial charge in [-0.1, -0.05) is 54.4 Å². The van der Waals surface area contributed by atoms with E-state index in [1.165, 1.54) is 25.7 Å². The van der Waals surface area contributed by atoms with E-state index in [2.05, 4.69) is 41.5 Å². The molecule has 1 saturated carbocycles. The molecule has 1 rings (SSSR count). The summed E-state index contributed by atoms with van der Waals surface area (Å²) in [6.07, 6.45) is 5.35. The minimum Gasteiger partial charge on any atom is -0.388 e.